The summed E-state index contributed by atoms with van der Waals surface area (Å²) >= 11 is 0. The number of nitrogen functional groups attached to an aromatic ring is 2. The Morgan fingerprint density at radius 1 is 0.526 bits per heavy atom. The van der Waals surface area contributed by atoms with Gasteiger partial charge in [0.1, 0.15) is 23.0 Å². The lowest BCUT2D eigenvalue weighted by molar-refractivity contribution is -0.0294. The lowest BCUT2D eigenvalue weighted by Crippen LogP contribution is -2.56. The molecule has 0 amide bonds. The van der Waals surface area contributed by atoms with Crippen LogP contribution in [0.5, 0.6) is 23.0 Å². The van der Waals surface area contributed by atoms with E-state index in [9.17, 15) is 0 Å². The minimum atomic E-state index is 0.1000. The van der Waals surface area contributed by atoms with E-state index in [0.717, 1.165) is 40.8 Å². The van der Waals surface area contributed by atoms with Gasteiger partial charge in [0.15, 0.2) is 0 Å². The summed E-state index contributed by atoms with van der Waals surface area (Å²) in [5.41, 5.74) is 16.2. The monoisotopic (exact) mass is 502 g/mol. The molecule has 4 bridgehead atoms. The predicted molar refractivity (Wildman–Crippen MR) is 153 cm³/mol. The molecule has 192 valence electrons. The van der Waals surface area contributed by atoms with Crippen LogP contribution in [0.25, 0.3) is 0 Å². The van der Waals surface area contributed by atoms with E-state index in [1.807, 2.05) is 48.5 Å². The summed E-state index contributed by atoms with van der Waals surface area (Å²) in [6, 6.07) is 32.8. The normalized spacial score (nSPS) is 27.3. The Labute approximate surface area is 224 Å². The maximum atomic E-state index is 6.51. The maximum absolute atomic E-state index is 6.51. The van der Waals surface area contributed by atoms with Gasteiger partial charge in [0, 0.05) is 33.3 Å². The second-order valence-electron chi connectivity index (χ2n) is 11.9. The van der Waals surface area contributed by atoms with E-state index in [4.69, 9.17) is 20.9 Å². The van der Waals surface area contributed by atoms with Crippen molar-refractivity contribution in [2.75, 3.05) is 11.5 Å². The summed E-state index contributed by atoms with van der Waals surface area (Å²) in [5, 5.41) is 0. The number of ether oxygens (including phenoxy) is 2. The largest absolute Gasteiger partial charge is 0.457 e. The summed E-state index contributed by atoms with van der Waals surface area (Å²) in [5.74, 6) is 5.03. The molecule has 0 radical (unpaired) electrons. The van der Waals surface area contributed by atoms with Crippen LogP contribution in [0.15, 0.2) is 97.1 Å². The van der Waals surface area contributed by atoms with Crippen LogP contribution < -0.4 is 20.9 Å². The van der Waals surface area contributed by atoms with Gasteiger partial charge in [-0.1, -0.05) is 36.4 Å². The van der Waals surface area contributed by atoms with Gasteiger partial charge < -0.3 is 20.9 Å². The van der Waals surface area contributed by atoms with E-state index >= 15 is 0 Å². The molecule has 4 saturated carbocycles. The Kier molecular flexibility index (Phi) is 5.40. The van der Waals surface area contributed by atoms with E-state index < -0.39 is 0 Å². The Balaban J connectivity index is 1.27. The molecule has 0 aromatic heterocycles. The first-order chi connectivity index (χ1) is 18.5. The number of anilines is 2. The maximum Gasteiger partial charge on any atom is 0.131 e. The molecule has 0 heterocycles. The average molecular weight is 503 g/mol. The number of hydrogen-bond donors (Lipinski definition) is 2. The topological polar surface area (TPSA) is 70.5 Å². The van der Waals surface area contributed by atoms with Crippen molar-refractivity contribution in [2.24, 2.45) is 11.8 Å². The van der Waals surface area contributed by atoms with E-state index in [0.29, 0.717) is 11.8 Å². The van der Waals surface area contributed by atoms with Gasteiger partial charge in [-0.3, -0.25) is 0 Å². The zero-order chi connectivity index (χ0) is 25.7. The molecular weight excluding hydrogens is 468 g/mol. The van der Waals surface area contributed by atoms with Gasteiger partial charge in [0.2, 0.25) is 0 Å². The van der Waals surface area contributed by atoms with Crippen LogP contribution in [-0.4, -0.2) is 0 Å². The Morgan fingerprint density at radius 3 is 1.34 bits per heavy atom. The molecule has 0 aliphatic heterocycles. The molecule has 0 unspecified atom stereocenters. The molecule has 4 aromatic carbocycles. The molecule has 8 rings (SSSR count). The summed E-state index contributed by atoms with van der Waals surface area (Å²) in [7, 11) is 0. The van der Waals surface area contributed by atoms with Gasteiger partial charge in [-0.15, -0.1) is 0 Å². The molecule has 38 heavy (non-hydrogen) atoms. The van der Waals surface area contributed by atoms with Crippen molar-refractivity contribution in [3.63, 3.8) is 0 Å². The van der Waals surface area contributed by atoms with Crippen LogP contribution in [0.4, 0.5) is 11.4 Å². The summed E-state index contributed by atoms with van der Waals surface area (Å²) in [4.78, 5) is 0. The first kappa shape index (κ1) is 23.2. The van der Waals surface area contributed by atoms with Crippen molar-refractivity contribution in [1.82, 2.24) is 0 Å². The quantitative estimate of drug-likeness (QED) is 0.261. The number of para-hydroxylation sites is 2. The first-order valence-electron chi connectivity index (χ1n) is 13.8. The van der Waals surface area contributed by atoms with Gasteiger partial charge in [0.05, 0.1) is 0 Å². The number of hydrogen-bond acceptors (Lipinski definition) is 4. The van der Waals surface area contributed by atoms with Crippen LogP contribution in [0, 0.1) is 11.8 Å². The number of benzene rings is 4. The molecule has 0 atom stereocenters. The third kappa shape index (κ3) is 3.99. The highest BCUT2D eigenvalue weighted by molar-refractivity contribution is 5.51. The number of nitrogens with two attached hydrogens (primary N) is 2. The van der Waals surface area contributed by atoms with Crippen molar-refractivity contribution in [2.45, 2.75) is 49.4 Å². The summed E-state index contributed by atoms with van der Waals surface area (Å²) < 4.78 is 13.0. The summed E-state index contributed by atoms with van der Waals surface area (Å²) in [6.07, 6.45) is 7.38. The van der Waals surface area contributed by atoms with E-state index in [1.165, 1.54) is 43.2 Å². The van der Waals surface area contributed by atoms with Crippen LogP contribution in [0.3, 0.4) is 0 Å². The van der Waals surface area contributed by atoms with Crippen LogP contribution in [0.2, 0.25) is 0 Å². The average Bonchev–Trinajstić information content (AvgIpc) is 2.91. The molecule has 4 nitrogen and oxygen atoms in total. The van der Waals surface area contributed by atoms with E-state index in [2.05, 4.69) is 48.5 Å². The van der Waals surface area contributed by atoms with Crippen molar-refractivity contribution in [1.29, 1.82) is 0 Å². The third-order valence-electron chi connectivity index (χ3n) is 9.19. The second-order valence-corrected chi connectivity index (χ2v) is 11.9. The lowest BCUT2D eigenvalue weighted by Gasteiger charge is -2.63. The zero-order valence-corrected chi connectivity index (χ0v) is 21.6. The highest BCUT2D eigenvalue weighted by Crippen LogP contribution is 2.68. The Hall–Kier alpha value is -3.92. The highest BCUT2D eigenvalue weighted by Gasteiger charge is 2.59. The van der Waals surface area contributed by atoms with E-state index in [-0.39, 0.29) is 10.8 Å². The molecule has 4 aromatic rings. The molecular formula is C34H34N2O2. The third-order valence-corrected chi connectivity index (χ3v) is 9.19. The Morgan fingerprint density at radius 2 is 0.921 bits per heavy atom. The van der Waals surface area contributed by atoms with Crippen LogP contribution in [0.1, 0.15) is 49.7 Å². The van der Waals surface area contributed by atoms with Crippen molar-refractivity contribution in [3.8, 4) is 23.0 Å². The predicted octanol–water partition coefficient (Wildman–Crippen LogP) is 8.23. The zero-order valence-electron chi connectivity index (χ0n) is 21.6. The van der Waals surface area contributed by atoms with Gasteiger partial charge in [-0.05, 0) is 111 Å². The van der Waals surface area contributed by atoms with Gasteiger partial charge in [0.25, 0.3) is 0 Å². The van der Waals surface area contributed by atoms with Gasteiger partial charge in [-0.2, -0.15) is 0 Å². The Bertz CT molecular complexity index is 1340. The van der Waals surface area contributed by atoms with Gasteiger partial charge in [-0.25, -0.2) is 0 Å². The van der Waals surface area contributed by atoms with Crippen LogP contribution in [-0.2, 0) is 10.8 Å². The second kappa shape index (κ2) is 8.83. The lowest BCUT2D eigenvalue weighted by atomic mass is 9.41. The SMILES string of the molecule is Nc1ccc(Oc2ccccc2C23CC4CC(C2)CC(c2ccccc2Oc2ccc(N)cc2)(C4)C3)cc1. The minimum absolute atomic E-state index is 0.1000. The van der Waals surface area contributed by atoms with E-state index in [1.54, 1.807) is 0 Å². The molecule has 4 N–H and O–H groups in total. The number of rotatable bonds is 6. The minimum Gasteiger partial charge on any atom is -0.457 e. The first-order valence-corrected chi connectivity index (χ1v) is 13.8. The smallest absolute Gasteiger partial charge is 0.131 e. The van der Waals surface area contributed by atoms with Crippen molar-refractivity contribution >= 4 is 11.4 Å². The van der Waals surface area contributed by atoms with Crippen LogP contribution >= 0.6 is 0 Å². The fraction of sp³-hybridized carbons (Fsp3) is 0.294. The molecule has 0 saturated heterocycles. The van der Waals surface area contributed by atoms with Crippen molar-refractivity contribution < 1.29 is 9.47 Å². The van der Waals surface area contributed by atoms with Gasteiger partial charge >= 0.3 is 0 Å². The molecule has 0 spiro atoms. The fourth-order valence-electron chi connectivity index (χ4n) is 8.21. The fourth-order valence-corrected chi connectivity index (χ4v) is 8.21. The van der Waals surface area contributed by atoms with Crippen molar-refractivity contribution in [3.05, 3.63) is 108 Å². The molecule has 4 aliphatic rings. The molecule has 4 aliphatic carbocycles. The highest BCUT2D eigenvalue weighted by atomic mass is 16.5. The molecule has 4 heteroatoms. The molecule has 4 fully saturated rings. The standard InChI is InChI=1S/C34H34N2O2/c35-25-9-13-27(14-10-25)37-31-7-3-1-5-29(31)33-18-23-17-24(19-33)21-34(20-23,22-33)30-6-2-4-8-32(30)38-28-15-11-26(36)12-16-28/h1-16,23-24H,17-22,35-36H2. The summed E-state index contributed by atoms with van der Waals surface area (Å²) in [6.45, 7) is 0.